The van der Waals surface area contributed by atoms with Crippen LogP contribution in [0, 0.1) is 0 Å². The molecule has 1 aromatic carbocycles. The Kier molecular flexibility index (Phi) is 4.20. The van der Waals surface area contributed by atoms with E-state index in [2.05, 4.69) is 62.4 Å². The summed E-state index contributed by atoms with van der Waals surface area (Å²) in [5.41, 5.74) is 4.52. The number of imidazole rings is 1. The zero-order valence-corrected chi connectivity index (χ0v) is 13.5. The molecule has 2 aromatic heterocycles. The van der Waals surface area contributed by atoms with E-state index in [0.717, 1.165) is 35.3 Å². The molecule has 2 heterocycles. The summed E-state index contributed by atoms with van der Waals surface area (Å²) in [6.45, 7) is 2.93. The summed E-state index contributed by atoms with van der Waals surface area (Å²) < 4.78 is 2.85. The minimum absolute atomic E-state index is 0.734. The van der Waals surface area contributed by atoms with Crippen LogP contribution in [0.25, 0.3) is 5.65 Å². The highest BCUT2D eigenvalue weighted by Gasteiger charge is 2.05. The van der Waals surface area contributed by atoms with Gasteiger partial charge in [-0.25, -0.2) is 9.97 Å². The van der Waals surface area contributed by atoms with Crippen LogP contribution in [0.2, 0.25) is 0 Å². The number of rotatable bonds is 5. The summed E-state index contributed by atoms with van der Waals surface area (Å²) in [7, 11) is 0. The third kappa shape index (κ3) is 3.08. The van der Waals surface area contributed by atoms with Crippen LogP contribution in [0.4, 0.5) is 5.69 Å². The average molecular weight is 345 g/mol. The van der Waals surface area contributed by atoms with Gasteiger partial charge in [0.2, 0.25) is 0 Å². The van der Waals surface area contributed by atoms with Gasteiger partial charge in [0.25, 0.3) is 0 Å². The van der Waals surface area contributed by atoms with Gasteiger partial charge in [-0.05, 0) is 34.0 Å². The van der Waals surface area contributed by atoms with Crippen LogP contribution in [0.1, 0.15) is 24.6 Å². The Labute approximate surface area is 132 Å². The number of nitrogens with one attached hydrogen (secondary N) is 1. The fraction of sp³-hybridized carbons (Fsp3) is 0.250. The van der Waals surface area contributed by atoms with E-state index in [1.54, 1.807) is 6.20 Å². The smallest absolute Gasteiger partial charge is 0.155 e. The first-order valence-corrected chi connectivity index (χ1v) is 7.86. The van der Waals surface area contributed by atoms with Crippen LogP contribution < -0.4 is 5.32 Å². The van der Waals surface area contributed by atoms with Gasteiger partial charge in [-0.2, -0.15) is 0 Å². The first-order valence-electron chi connectivity index (χ1n) is 7.07. The van der Waals surface area contributed by atoms with Gasteiger partial charge in [-0.1, -0.05) is 31.5 Å². The van der Waals surface area contributed by atoms with Crippen LogP contribution >= 0.6 is 15.9 Å². The standard InChI is InChI=1S/C16H17BrN4/c1-2-5-12-6-3-4-7-14(12)18-8-13-9-20-16-10-19-15(17)11-21(13)16/h3-4,6-7,9-11,18H,2,5,8H2,1H3. The molecule has 0 saturated carbocycles. The average Bonchev–Trinajstić information content (AvgIpc) is 2.89. The van der Waals surface area contributed by atoms with Gasteiger partial charge in [0.15, 0.2) is 5.65 Å². The van der Waals surface area contributed by atoms with Crippen molar-refractivity contribution in [2.75, 3.05) is 5.32 Å². The van der Waals surface area contributed by atoms with E-state index in [-0.39, 0.29) is 0 Å². The Bertz CT molecular complexity index is 751. The quantitative estimate of drug-likeness (QED) is 0.758. The monoisotopic (exact) mass is 344 g/mol. The molecule has 0 unspecified atom stereocenters. The molecule has 0 amide bonds. The number of benzene rings is 1. The summed E-state index contributed by atoms with van der Waals surface area (Å²) >= 11 is 3.40. The molecule has 0 spiro atoms. The third-order valence-electron chi connectivity index (χ3n) is 3.44. The molecule has 21 heavy (non-hydrogen) atoms. The van der Waals surface area contributed by atoms with E-state index in [0.29, 0.717) is 0 Å². The maximum absolute atomic E-state index is 4.37. The molecule has 3 aromatic rings. The van der Waals surface area contributed by atoms with E-state index >= 15 is 0 Å². The number of para-hydroxylation sites is 1. The van der Waals surface area contributed by atoms with E-state index in [9.17, 15) is 0 Å². The van der Waals surface area contributed by atoms with Crippen molar-refractivity contribution in [1.82, 2.24) is 14.4 Å². The molecule has 108 valence electrons. The van der Waals surface area contributed by atoms with Crippen molar-refractivity contribution in [2.45, 2.75) is 26.3 Å². The van der Waals surface area contributed by atoms with E-state index in [4.69, 9.17) is 0 Å². The summed E-state index contributed by atoms with van der Waals surface area (Å²) in [6.07, 6.45) is 7.83. The molecular formula is C16H17BrN4. The Morgan fingerprint density at radius 3 is 2.90 bits per heavy atom. The molecule has 4 nitrogen and oxygen atoms in total. The number of halogens is 1. The number of hydrogen-bond acceptors (Lipinski definition) is 3. The van der Waals surface area contributed by atoms with Gasteiger partial charge < -0.3 is 5.32 Å². The van der Waals surface area contributed by atoms with Crippen LogP contribution in [-0.2, 0) is 13.0 Å². The van der Waals surface area contributed by atoms with Gasteiger partial charge in [-0.3, -0.25) is 4.40 Å². The second-order valence-electron chi connectivity index (χ2n) is 4.95. The van der Waals surface area contributed by atoms with E-state index < -0.39 is 0 Å². The third-order valence-corrected chi connectivity index (χ3v) is 3.85. The van der Waals surface area contributed by atoms with Gasteiger partial charge in [0.1, 0.15) is 4.60 Å². The minimum atomic E-state index is 0.734. The molecular weight excluding hydrogens is 328 g/mol. The topological polar surface area (TPSA) is 42.2 Å². The summed E-state index contributed by atoms with van der Waals surface area (Å²) in [5, 5.41) is 3.52. The van der Waals surface area contributed by atoms with Crippen LogP contribution in [0.5, 0.6) is 0 Å². The van der Waals surface area contributed by atoms with E-state index in [1.165, 1.54) is 11.3 Å². The molecule has 0 aliphatic heterocycles. The summed E-state index contributed by atoms with van der Waals surface area (Å²) in [6, 6.07) is 8.47. The number of fused-ring (bicyclic) bond motifs is 1. The molecule has 0 aliphatic rings. The summed E-state index contributed by atoms with van der Waals surface area (Å²) in [4.78, 5) is 8.56. The largest absolute Gasteiger partial charge is 0.379 e. The second kappa shape index (κ2) is 6.26. The molecule has 5 heteroatoms. The first-order chi connectivity index (χ1) is 10.3. The molecule has 0 radical (unpaired) electrons. The van der Waals surface area contributed by atoms with Crippen molar-refractivity contribution in [3.05, 3.63) is 58.7 Å². The molecule has 1 N–H and O–H groups in total. The van der Waals surface area contributed by atoms with E-state index in [1.807, 2.05) is 16.8 Å². The number of nitrogens with zero attached hydrogens (tertiary/aromatic N) is 3. The van der Waals surface area contributed by atoms with Crippen molar-refractivity contribution in [2.24, 2.45) is 0 Å². The fourth-order valence-corrected chi connectivity index (χ4v) is 2.72. The Morgan fingerprint density at radius 1 is 1.19 bits per heavy atom. The molecule has 0 aliphatic carbocycles. The zero-order valence-electron chi connectivity index (χ0n) is 11.9. The van der Waals surface area contributed by atoms with Gasteiger partial charge in [0, 0.05) is 11.9 Å². The highest BCUT2D eigenvalue weighted by Crippen LogP contribution is 2.18. The lowest BCUT2D eigenvalue weighted by Gasteiger charge is -2.11. The Hall–Kier alpha value is -1.88. The number of aromatic nitrogens is 3. The Balaban J connectivity index is 1.82. The van der Waals surface area contributed by atoms with Gasteiger partial charge >= 0.3 is 0 Å². The number of anilines is 1. The maximum atomic E-state index is 4.37. The fourth-order valence-electron chi connectivity index (χ4n) is 2.41. The molecule has 3 rings (SSSR count). The number of hydrogen-bond donors (Lipinski definition) is 1. The highest BCUT2D eigenvalue weighted by atomic mass is 79.9. The SMILES string of the molecule is CCCc1ccccc1NCc1cnc2cnc(Br)cn12. The van der Waals surface area contributed by atoms with Crippen LogP contribution in [0.3, 0.4) is 0 Å². The number of aryl methyl sites for hydroxylation is 1. The minimum Gasteiger partial charge on any atom is -0.379 e. The predicted octanol–water partition coefficient (Wildman–Crippen LogP) is 4.06. The van der Waals surface area contributed by atoms with Crippen molar-refractivity contribution in [3.63, 3.8) is 0 Å². The zero-order chi connectivity index (χ0) is 14.7. The van der Waals surface area contributed by atoms with Crippen molar-refractivity contribution >= 4 is 27.3 Å². The summed E-state index contributed by atoms with van der Waals surface area (Å²) in [5.74, 6) is 0. The molecule has 0 bridgehead atoms. The lowest BCUT2D eigenvalue weighted by Crippen LogP contribution is -2.05. The Morgan fingerprint density at radius 2 is 2.05 bits per heavy atom. The van der Waals surface area contributed by atoms with Crippen molar-refractivity contribution < 1.29 is 0 Å². The highest BCUT2D eigenvalue weighted by molar-refractivity contribution is 9.10. The van der Waals surface area contributed by atoms with Crippen molar-refractivity contribution in [3.8, 4) is 0 Å². The van der Waals surface area contributed by atoms with Crippen LogP contribution in [0.15, 0.2) is 47.5 Å². The second-order valence-corrected chi connectivity index (χ2v) is 5.76. The van der Waals surface area contributed by atoms with Gasteiger partial charge in [-0.15, -0.1) is 0 Å². The lowest BCUT2D eigenvalue weighted by molar-refractivity contribution is 0.915. The molecule has 0 fully saturated rings. The predicted molar refractivity (Wildman–Crippen MR) is 88.5 cm³/mol. The van der Waals surface area contributed by atoms with Crippen molar-refractivity contribution in [1.29, 1.82) is 0 Å². The molecule has 0 atom stereocenters. The van der Waals surface area contributed by atoms with Gasteiger partial charge in [0.05, 0.1) is 24.6 Å². The van der Waals surface area contributed by atoms with Crippen LogP contribution in [-0.4, -0.2) is 14.4 Å². The molecule has 0 saturated heterocycles. The lowest BCUT2D eigenvalue weighted by atomic mass is 10.1. The normalized spacial score (nSPS) is 11.0. The maximum Gasteiger partial charge on any atom is 0.155 e. The first kappa shape index (κ1) is 14.1.